The third kappa shape index (κ3) is 10.7. The van der Waals surface area contributed by atoms with E-state index in [2.05, 4.69) is 72.6 Å². The standard InChI is InChI=1S/C21H38N4O2S/c1-18(25(5)16-19-10-8-7-9-11-19)12-14-23-20(22-4)24-17-21(2,3)13-15-28(6,26)27/h7-11,18H,12-17H2,1-6H3,(H2,22,23,24). The third-order valence-electron chi connectivity index (χ3n) is 4.99. The Labute approximate surface area is 171 Å². The highest BCUT2D eigenvalue weighted by Gasteiger charge is 2.20. The van der Waals surface area contributed by atoms with E-state index < -0.39 is 9.84 Å². The fourth-order valence-electron chi connectivity index (χ4n) is 2.74. The number of sulfone groups is 1. The van der Waals surface area contributed by atoms with Gasteiger partial charge in [0.25, 0.3) is 0 Å². The van der Waals surface area contributed by atoms with Gasteiger partial charge in [0.15, 0.2) is 5.96 Å². The first-order chi connectivity index (χ1) is 13.0. The van der Waals surface area contributed by atoms with Gasteiger partial charge in [-0.15, -0.1) is 0 Å². The summed E-state index contributed by atoms with van der Waals surface area (Å²) in [7, 11) is 0.967. The van der Waals surface area contributed by atoms with Crippen LogP contribution in [0, 0.1) is 5.41 Å². The van der Waals surface area contributed by atoms with Gasteiger partial charge in [0, 0.05) is 39.0 Å². The number of benzene rings is 1. The zero-order valence-electron chi connectivity index (χ0n) is 18.3. The molecule has 6 nitrogen and oxygen atoms in total. The maximum absolute atomic E-state index is 11.4. The molecule has 0 fully saturated rings. The minimum atomic E-state index is -2.93. The molecule has 1 aromatic carbocycles. The highest BCUT2D eigenvalue weighted by atomic mass is 32.2. The molecule has 0 aliphatic heterocycles. The number of guanidine groups is 1. The van der Waals surface area contributed by atoms with Crippen molar-refractivity contribution in [3.8, 4) is 0 Å². The maximum Gasteiger partial charge on any atom is 0.190 e. The number of rotatable bonds is 11. The topological polar surface area (TPSA) is 73.8 Å². The van der Waals surface area contributed by atoms with E-state index in [0.29, 0.717) is 19.0 Å². The smallest absolute Gasteiger partial charge is 0.190 e. The van der Waals surface area contributed by atoms with Crippen molar-refractivity contribution >= 4 is 15.8 Å². The van der Waals surface area contributed by atoms with Crippen LogP contribution in [0.5, 0.6) is 0 Å². The summed E-state index contributed by atoms with van der Waals surface area (Å²) in [6, 6.07) is 10.9. The minimum Gasteiger partial charge on any atom is -0.356 e. The molecule has 0 aromatic heterocycles. The first kappa shape index (κ1) is 24.4. The normalized spacial score (nSPS) is 14.2. The fourth-order valence-corrected chi connectivity index (χ4v) is 3.66. The molecule has 0 amide bonds. The van der Waals surface area contributed by atoms with Crippen LogP contribution in [-0.2, 0) is 16.4 Å². The first-order valence-electron chi connectivity index (χ1n) is 9.89. The molecule has 0 bridgehead atoms. The molecule has 7 heteroatoms. The number of hydrogen-bond acceptors (Lipinski definition) is 4. The molecule has 0 saturated heterocycles. The summed E-state index contributed by atoms with van der Waals surface area (Å²) in [5.74, 6) is 0.962. The van der Waals surface area contributed by atoms with Gasteiger partial charge in [-0.25, -0.2) is 8.42 Å². The van der Waals surface area contributed by atoms with Gasteiger partial charge >= 0.3 is 0 Å². The molecule has 1 atom stereocenters. The summed E-state index contributed by atoms with van der Waals surface area (Å²) in [5.41, 5.74) is 1.20. The summed E-state index contributed by atoms with van der Waals surface area (Å²) in [6.07, 6.45) is 2.91. The van der Waals surface area contributed by atoms with Crippen molar-refractivity contribution in [1.29, 1.82) is 0 Å². The van der Waals surface area contributed by atoms with E-state index in [-0.39, 0.29) is 11.2 Å². The SMILES string of the molecule is CN=C(NCCC(C)N(C)Cc1ccccc1)NCC(C)(C)CCS(C)(=O)=O. The van der Waals surface area contributed by atoms with Crippen molar-refractivity contribution in [3.05, 3.63) is 35.9 Å². The molecule has 1 aromatic rings. The summed E-state index contributed by atoms with van der Waals surface area (Å²) in [4.78, 5) is 6.62. The lowest BCUT2D eigenvalue weighted by Crippen LogP contribution is -2.43. The lowest BCUT2D eigenvalue weighted by Gasteiger charge is -2.27. The van der Waals surface area contributed by atoms with Gasteiger partial charge in [-0.1, -0.05) is 44.2 Å². The first-order valence-corrected chi connectivity index (χ1v) is 11.9. The number of aliphatic imine (C=N–C) groups is 1. The fraction of sp³-hybridized carbons (Fsp3) is 0.667. The number of hydrogen-bond donors (Lipinski definition) is 2. The van der Waals surface area contributed by atoms with Crippen LogP contribution in [0.25, 0.3) is 0 Å². The van der Waals surface area contributed by atoms with E-state index in [1.807, 2.05) is 6.07 Å². The van der Waals surface area contributed by atoms with E-state index in [4.69, 9.17) is 0 Å². The van der Waals surface area contributed by atoms with Crippen LogP contribution in [-0.4, -0.2) is 64.5 Å². The van der Waals surface area contributed by atoms with E-state index >= 15 is 0 Å². The largest absolute Gasteiger partial charge is 0.356 e. The van der Waals surface area contributed by atoms with Crippen LogP contribution < -0.4 is 10.6 Å². The maximum atomic E-state index is 11.4. The number of nitrogens with zero attached hydrogens (tertiary/aromatic N) is 2. The predicted octanol–water partition coefficient (Wildman–Crippen LogP) is 2.52. The van der Waals surface area contributed by atoms with Gasteiger partial charge in [-0.2, -0.15) is 0 Å². The van der Waals surface area contributed by atoms with Crippen molar-refractivity contribution in [2.75, 3.05) is 39.2 Å². The zero-order chi connectivity index (χ0) is 21.2. The van der Waals surface area contributed by atoms with Crippen molar-refractivity contribution in [2.45, 2.75) is 46.2 Å². The minimum absolute atomic E-state index is 0.121. The molecule has 1 rings (SSSR count). The summed E-state index contributed by atoms with van der Waals surface area (Å²) < 4.78 is 22.8. The van der Waals surface area contributed by atoms with Crippen LogP contribution in [0.3, 0.4) is 0 Å². The molecule has 28 heavy (non-hydrogen) atoms. The second-order valence-electron chi connectivity index (χ2n) is 8.44. The summed E-state index contributed by atoms with van der Waals surface area (Å²) in [6.45, 7) is 8.80. The Morgan fingerprint density at radius 1 is 1.21 bits per heavy atom. The van der Waals surface area contributed by atoms with Crippen molar-refractivity contribution in [1.82, 2.24) is 15.5 Å². The van der Waals surface area contributed by atoms with Gasteiger partial charge < -0.3 is 10.6 Å². The van der Waals surface area contributed by atoms with Gasteiger partial charge in [0.05, 0.1) is 5.75 Å². The third-order valence-corrected chi connectivity index (χ3v) is 5.94. The molecule has 2 N–H and O–H groups in total. The second-order valence-corrected chi connectivity index (χ2v) is 10.7. The monoisotopic (exact) mass is 410 g/mol. The molecule has 0 spiro atoms. The van der Waals surface area contributed by atoms with E-state index in [1.165, 1.54) is 11.8 Å². The Hall–Kier alpha value is -1.60. The number of nitrogens with one attached hydrogen (secondary N) is 2. The quantitative estimate of drug-likeness (QED) is 0.433. The molecule has 0 radical (unpaired) electrons. The lowest BCUT2D eigenvalue weighted by molar-refractivity contribution is 0.238. The van der Waals surface area contributed by atoms with Crippen LogP contribution >= 0.6 is 0 Å². The Morgan fingerprint density at radius 2 is 1.86 bits per heavy atom. The van der Waals surface area contributed by atoms with Crippen molar-refractivity contribution < 1.29 is 8.42 Å². The molecular formula is C21H38N4O2S. The molecule has 0 aliphatic rings. The zero-order valence-corrected chi connectivity index (χ0v) is 19.1. The van der Waals surface area contributed by atoms with Crippen LogP contribution in [0.2, 0.25) is 0 Å². The Balaban J connectivity index is 2.35. The van der Waals surface area contributed by atoms with Gasteiger partial charge in [-0.05, 0) is 37.8 Å². The molecule has 1 unspecified atom stereocenters. The highest BCUT2D eigenvalue weighted by Crippen LogP contribution is 2.19. The van der Waals surface area contributed by atoms with Crippen molar-refractivity contribution in [2.24, 2.45) is 10.4 Å². The van der Waals surface area contributed by atoms with E-state index in [0.717, 1.165) is 25.5 Å². The summed E-state index contributed by atoms with van der Waals surface area (Å²) >= 11 is 0. The van der Waals surface area contributed by atoms with E-state index in [9.17, 15) is 8.42 Å². The highest BCUT2D eigenvalue weighted by molar-refractivity contribution is 7.90. The molecule has 0 saturated carbocycles. The van der Waals surface area contributed by atoms with Gasteiger partial charge in [0.1, 0.15) is 9.84 Å². The Kier molecular flexibility index (Phi) is 9.96. The van der Waals surface area contributed by atoms with Gasteiger partial charge in [-0.3, -0.25) is 9.89 Å². The molecule has 0 aliphatic carbocycles. The van der Waals surface area contributed by atoms with Gasteiger partial charge in [0.2, 0.25) is 0 Å². The second kappa shape index (κ2) is 11.4. The average molecular weight is 411 g/mol. The predicted molar refractivity (Wildman–Crippen MR) is 119 cm³/mol. The Bertz CT molecular complexity index is 702. The average Bonchev–Trinajstić information content (AvgIpc) is 2.63. The van der Waals surface area contributed by atoms with Crippen LogP contribution in [0.1, 0.15) is 39.2 Å². The van der Waals surface area contributed by atoms with Crippen molar-refractivity contribution in [3.63, 3.8) is 0 Å². The lowest BCUT2D eigenvalue weighted by atomic mass is 9.90. The van der Waals surface area contributed by atoms with E-state index in [1.54, 1.807) is 7.05 Å². The molecule has 160 valence electrons. The molecular weight excluding hydrogens is 372 g/mol. The molecule has 0 heterocycles. The van der Waals surface area contributed by atoms with Crippen LogP contribution in [0.4, 0.5) is 0 Å². The summed E-state index contributed by atoms with van der Waals surface area (Å²) in [5, 5.41) is 6.68. The van der Waals surface area contributed by atoms with Crippen LogP contribution in [0.15, 0.2) is 35.3 Å². The Morgan fingerprint density at radius 3 is 2.43 bits per heavy atom.